The fraction of sp³-hybridized carbons (Fsp3) is 0.0556. The zero-order chi connectivity index (χ0) is 13.5. The molecule has 0 saturated carbocycles. The quantitative estimate of drug-likeness (QED) is 0.492. The molecule has 96 valence electrons. The summed E-state index contributed by atoms with van der Waals surface area (Å²) in [6, 6.07) is 20.9. The molecule has 2 heterocycles. The lowest BCUT2D eigenvalue weighted by atomic mass is 10.1. The molecule has 0 N–H and O–H groups in total. The summed E-state index contributed by atoms with van der Waals surface area (Å²) in [4.78, 5) is 4.87. The summed E-state index contributed by atoms with van der Waals surface area (Å²) in [5.41, 5.74) is 4.43. The molecule has 2 aromatic carbocycles. The SMILES string of the molecule is Cc1c(-c2ccccc2)nc2c3ccccc3ccn12. The number of imidazole rings is 1. The van der Waals surface area contributed by atoms with Gasteiger partial charge in [-0.15, -0.1) is 0 Å². The normalized spacial score (nSPS) is 11.2. The predicted octanol–water partition coefficient (Wildman–Crippen LogP) is 4.46. The van der Waals surface area contributed by atoms with Crippen LogP contribution in [0.5, 0.6) is 0 Å². The fourth-order valence-electron chi connectivity index (χ4n) is 2.76. The molecule has 2 nitrogen and oxygen atoms in total. The zero-order valence-electron chi connectivity index (χ0n) is 11.2. The molecule has 2 heteroatoms. The van der Waals surface area contributed by atoms with Crippen molar-refractivity contribution in [3.05, 3.63) is 72.6 Å². The van der Waals surface area contributed by atoms with Crippen molar-refractivity contribution in [3.63, 3.8) is 0 Å². The molecule has 0 aliphatic rings. The van der Waals surface area contributed by atoms with Crippen molar-refractivity contribution in [2.24, 2.45) is 0 Å². The largest absolute Gasteiger partial charge is 0.303 e. The van der Waals surface area contributed by atoms with Crippen LogP contribution < -0.4 is 0 Å². The Kier molecular flexibility index (Phi) is 2.36. The van der Waals surface area contributed by atoms with E-state index in [4.69, 9.17) is 4.98 Å². The van der Waals surface area contributed by atoms with E-state index < -0.39 is 0 Å². The molecule has 0 fully saturated rings. The van der Waals surface area contributed by atoms with Crippen LogP contribution in [0.1, 0.15) is 5.69 Å². The van der Waals surface area contributed by atoms with Gasteiger partial charge in [-0.3, -0.25) is 0 Å². The molecule has 0 spiro atoms. The van der Waals surface area contributed by atoms with Crippen molar-refractivity contribution in [2.45, 2.75) is 6.92 Å². The minimum Gasteiger partial charge on any atom is -0.303 e. The molecular weight excluding hydrogens is 244 g/mol. The molecule has 0 amide bonds. The van der Waals surface area contributed by atoms with Gasteiger partial charge in [-0.25, -0.2) is 4.98 Å². The van der Waals surface area contributed by atoms with Crippen LogP contribution in [0.3, 0.4) is 0 Å². The maximum Gasteiger partial charge on any atom is 0.145 e. The monoisotopic (exact) mass is 258 g/mol. The lowest BCUT2D eigenvalue weighted by molar-refractivity contribution is 1.12. The Hall–Kier alpha value is -2.61. The standard InChI is InChI=1S/C18H14N2/c1-13-17(15-8-3-2-4-9-15)19-18-16-10-6-5-7-14(16)11-12-20(13)18/h2-12H,1H3. The van der Waals surface area contributed by atoms with E-state index >= 15 is 0 Å². The second-order valence-corrected chi connectivity index (χ2v) is 5.01. The fourth-order valence-corrected chi connectivity index (χ4v) is 2.76. The summed E-state index contributed by atoms with van der Waals surface area (Å²) in [5.74, 6) is 0. The number of pyridine rings is 1. The minimum absolute atomic E-state index is 1.03. The Bertz CT molecular complexity index is 905. The average Bonchev–Trinajstić information content (AvgIpc) is 2.86. The van der Waals surface area contributed by atoms with Crippen LogP contribution in [-0.2, 0) is 0 Å². The van der Waals surface area contributed by atoms with Crippen molar-refractivity contribution >= 4 is 16.4 Å². The lowest BCUT2D eigenvalue weighted by Gasteiger charge is -2.01. The summed E-state index contributed by atoms with van der Waals surface area (Å²) in [7, 11) is 0. The molecule has 0 aliphatic carbocycles. The Morgan fingerprint density at radius 2 is 1.60 bits per heavy atom. The van der Waals surface area contributed by atoms with E-state index in [1.807, 2.05) is 6.07 Å². The van der Waals surface area contributed by atoms with E-state index in [1.54, 1.807) is 0 Å². The van der Waals surface area contributed by atoms with E-state index in [0.717, 1.165) is 16.9 Å². The molecule has 4 aromatic rings. The van der Waals surface area contributed by atoms with Crippen LogP contribution in [0.2, 0.25) is 0 Å². The maximum atomic E-state index is 4.87. The highest BCUT2D eigenvalue weighted by atomic mass is 15.0. The lowest BCUT2D eigenvalue weighted by Crippen LogP contribution is -1.88. The molecule has 0 atom stereocenters. The van der Waals surface area contributed by atoms with E-state index in [-0.39, 0.29) is 0 Å². The van der Waals surface area contributed by atoms with Gasteiger partial charge in [-0.1, -0.05) is 54.6 Å². The second kappa shape index (κ2) is 4.20. The zero-order valence-corrected chi connectivity index (χ0v) is 11.2. The van der Waals surface area contributed by atoms with Gasteiger partial charge in [0.05, 0.1) is 5.69 Å². The molecule has 4 rings (SSSR count). The number of rotatable bonds is 1. The molecule has 0 bridgehead atoms. The highest BCUT2D eigenvalue weighted by Gasteiger charge is 2.11. The third-order valence-electron chi connectivity index (χ3n) is 3.80. The molecule has 0 saturated heterocycles. The summed E-state index contributed by atoms with van der Waals surface area (Å²) in [6.07, 6.45) is 2.10. The van der Waals surface area contributed by atoms with Crippen molar-refractivity contribution in [1.82, 2.24) is 9.38 Å². The van der Waals surface area contributed by atoms with Gasteiger partial charge in [-0.05, 0) is 18.4 Å². The van der Waals surface area contributed by atoms with E-state index in [0.29, 0.717) is 0 Å². The topological polar surface area (TPSA) is 17.3 Å². The van der Waals surface area contributed by atoms with Crippen LogP contribution in [0.25, 0.3) is 27.7 Å². The van der Waals surface area contributed by atoms with Crippen LogP contribution >= 0.6 is 0 Å². The summed E-state index contributed by atoms with van der Waals surface area (Å²) in [6.45, 7) is 2.12. The summed E-state index contributed by atoms with van der Waals surface area (Å²) in [5, 5.41) is 2.42. The number of hydrogen-bond donors (Lipinski definition) is 0. The van der Waals surface area contributed by atoms with Crippen LogP contribution in [0.15, 0.2) is 66.9 Å². The first-order chi connectivity index (χ1) is 9.84. The predicted molar refractivity (Wildman–Crippen MR) is 82.9 cm³/mol. The van der Waals surface area contributed by atoms with Gasteiger partial charge in [0.25, 0.3) is 0 Å². The number of aromatic nitrogens is 2. The Balaban J connectivity index is 2.10. The van der Waals surface area contributed by atoms with Crippen molar-refractivity contribution in [3.8, 4) is 11.3 Å². The first-order valence-corrected chi connectivity index (χ1v) is 6.76. The molecule has 2 aromatic heterocycles. The summed E-state index contributed by atoms with van der Waals surface area (Å²) >= 11 is 0. The van der Waals surface area contributed by atoms with Gasteiger partial charge in [0.1, 0.15) is 5.65 Å². The van der Waals surface area contributed by atoms with Crippen molar-refractivity contribution in [1.29, 1.82) is 0 Å². The highest BCUT2D eigenvalue weighted by molar-refractivity contribution is 5.95. The van der Waals surface area contributed by atoms with Gasteiger partial charge < -0.3 is 4.40 Å². The third kappa shape index (κ3) is 1.55. The van der Waals surface area contributed by atoms with Gasteiger partial charge in [-0.2, -0.15) is 0 Å². The first-order valence-electron chi connectivity index (χ1n) is 6.76. The molecule has 0 unspecified atom stereocenters. The number of aryl methyl sites for hydroxylation is 1. The average molecular weight is 258 g/mol. The minimum atomic E-state index is 1.03. The third-order valence-corrected chi connectivity index (χ3v) is 3.80. The Labute approximate surface area is 117 Å². The highest BCUT2D eigenvalue weighted by Crippen LogP contribution is 2.27. The Morgan fingerprint density at radius 3 is 2.45 bits per heavy atom. The molecular formula is C18H14N2. The summed E-state index contributed by atoms with van der Waals surface area (Å²) < 4.78 is 2.17. The second-order valence-electron chi connectivity index (χ2n) is 5.01. The number of fused-ring (bicyclic) bond motifs is 3. The van der Waals surface area contributed by atoms with Crippen molar-refractivity contribution in [2.75, 3.05) is 0 Å². The van der Waals surface area contributed by atoms with Gasteiger partial charge in [0.15, 0.2) is 0 Å². The van der Waals surface area contributed by atoms with Crippen LogP contribution in [0.4, 0.5) is 0 Å². The van der Waals surface area contributed by atoms with Crippen LogP contribution in [0, 0.1) is 6.92 Å². The van der Waals surface area contributed by atoms with Gasteiger partial charge in [0.2, 0.25) is 0 Å². The van der Waals surface area contributed by atoms with Gasteiger partial charge >= 0.3 is 0 Å². The number of hydrogen-bond acceptors (Lipinski definition) is 1. The molecule has 0 aliphatic heterocycles. The first kappa shape index (κ1) is 11.2. The number of nitrogens with zero attached hydrogens (tertiary/aromatic N) is 2. The van der Waals surface area contributed by atoms with Crippen molar-refractivity contribution < 1.29 is 0 Å². The smallest absolute Gasteiger partial charge is 0.145 e. The molecule has 0 radical (unpaired) electrons. The number of benzene rings is 2. The Morgan fingerprint density at radius 1 is 0.850 bits per heavy atom. The van der Waals surface area contributed by atoms with Crippen LogP contribution in [-0.4, -0.2) is 9.38 Å². The van der Waals surface area contributed by atoms with E-state index in [1.165, 1.54) is 16.5 Å². The molecule has 20 heavy (non-hydrogen) atoms. The van der Waals surface area contributed by atoms with Gasteiger partial charge in [0, 0.05) is 22.8 Å². The van der Waals surface area contributed by atoms with E-state index in [9.17, 15) is 0 Å². The maximum absolute atomic E-state index is 4.87. The van der Waals surface area contributed by atoms with E-state index in [2.05, 4.69) is 72.1 Å².